The molecular weight excluding hydrogens is 268 g/mol. The Morgan fingerprint density at radius 1 is 1.31 bits per heavy atom. The van der Waals surface area contributed by atoms with E-state index < -0.39 is 31.8 Å². The fraction of sp³-hybridized carbons (Fsp3) is 1.00. The van der Waals surface area contributed by atoms with Crippen LogP contribution in [0.2, 0.25) is 0 Å². The molecule has 0 spiro atoms. The third kappa shape index (κ3) is 9.26. The van der Waals surface area contributed by atoms with Crippen molar-refractivity contribution in [2.24, 2.45) is 0 Å². The van der Waals surface area contributed by atoms with Gasteiger partial charge in [-0.05, 0) is 10.8 Å². The normalized spacial score (nSPS) is 12.8. The molecule has 0 aliphatic carbocycles. The van der Waals surface area contributed by atoms with Crippen LogP contribution in [0, 0.1) is 20.2 Å². The lowest BCUT2D eigenvalue weighted by atomic mass is 10.4. The lowest BCUT2D eigenvalue weighted by Crippen LogP contribution is -2.27. The van der Waals surface area contributed by atoms with Gasteiger partial charge in [0.1, 0.15) is 12.7 Å². The van der Waals surface area contributed by atoms with E-state index >= 15 is 0 Å². The molecule has 0 rings (SSSR count). The second kappa shape index (κ2) is 6.32. The molecule has 0 aromatic rings. The van der Waals surface area contributed by atoms with Crippen LogP contribution in [0.25, 0.3) is 0 Å². The minimum atomic E-state index is -3.40. The molecule has 0 bridgehead atoms. The highest BCUT2D eigenvalue weighted by Crippen LogP contribution is 2.13. The van der Waals surface area contributed by atoms with E-state index in [1.165, 1.54) is 0 Å². The van der Waals surface area contributed by atoms with Gasteiger partial charge in [-0.25, -0.2) is 8.42 Å². The maximum absolute atomic E-state index is 10.7. The van der Waals surface area contributed by atoms with Gasteiger partial charge in [0.15, 0.2) is 8.87 Å². The van der Waals surface area contributed by atoms with Gasteiger partial charge >= 0.3 is 0 Å². The second-order valence-corrected chi connectivity index (χ2v) is 6.96. The number of hydrogen-bond donors (Lipinski definition) is 0. The Labute approximate surface area is 93.4 Å². The van der Waals surface area contributed by atoms with Crippen LogP contribution < -0.4 is 0 Å². The molecule has 94 valence electrons. The average Bonchev–Trinajstić information content (AvgIpc) is 2.07. The van der Waals surface area contributed by atoms with Crippen LogP contribution in [0.3, 0.4) is 0 Å². The molecule has 0 aromatic carbocycles. The molecule has 0 fully saturated rings. The number of hydrogen-bond acceptors (Lipinski definition) is 9. The highest BCUT2D eigenvalue weighted by atomic mass is 33.1. The Morgan fingerprint density at radius 2 is 1.88 bits per heavy atom. The first-order valence-electron chi connectivity index (χ1n) is 3.63. The Bertz CT molecular complexity index is 353. The molecule has 12 heteroatoms. The molecule has 1 unspecified atom stereocenters. The first-order valence-corrected chi connectivity index (χ1v) is 7.03. The fourth-order valence-corrected chi connectivity index (χ4v) is 2.33. The first kappa shape index (κ1) is 14.7. The van der Waals surface area contributed by atoms with Crippen LogP contribution in [0.1, 0.15) is 0 Å². The standard InChI is InChI=1S/C4H8N2O8S2/c1-16(11,12)15-3-4(14-6(9)10)2-13-5(7)8/h4H,2-3H2,1H3. The quantitative estimate of drug-likeness (QED) is 0.325. The molecule has 10 nitrogen and oxygen atoms in total. The van der Waals surface area contributed by atoms with Crippen LogP contribution in [0.4, 0.5) is 0 Å². The smallest absolute Gasteiger partial charge is 0.294 e. The van der Waals surface area contributed by atoms with E-state index in [1.54, 1.807) is 0 Å². The van der Waals surface area contributed by atoms with Crippen molar-refractivity contribution in [3.8, 4) is 0 Å². The van der Waals surface area contributed by atoms with Crippen molar-refractivity contribution in [1.29, 1.82) is 0 Å². The van der Waals surface area contributed by atoms with Crippen LogP contribution in [-0.4, -0.2) is 43.3 Å². The molecule has 0 aromatic heterocycles. The zero-order chi connectivity index (χ0) is 12.8. The largest absolute Gasteiger partial charge is 0.312 e. The molecule has 16 heavy (non-hydrogen) atoms. The predicted octanol–water partition coefficient (Wildman–Crippen LogP) is -0.536. The Morgan fingerprint density at radius 3 is 2.25 bits per heavy atom. The van der Waals surface area contributed by atoms with Crippen molar-refractivity contribution in [2.75, 3.05) is 18.6 Å². The highest BCUT2D eigenvalue weighted by molar-refractivity contribution is 8.71. The van der Waals surface area contributed by atoms with Gasteiger partial charge in [0, 0.05) is 12.0 Å². The lowest BCUT2D eigenvalue weighted by Gasteiger charge is -2.11. The summed E-state index contributed by atoms with van der Waals surface area (Å²) in [6.07, 6.45) is -0.421. The van der Waals surface area contributed by atoms with Crippen LogP contribution in [0.5, 0.6) is 0 Å². The highest BCUT2D eigenvalue weighted by Gasteiger charge is 2.18. The monoisotopic (exact) mass is 276 g/mol. The summed E-state index contributed by atoms with van der Waals surface area (Å²) in [6.45, 7) is -0.712. The van der Waals surface area contributed by atoms with Crippen molar-refractivity contribution >= 4 is 19.7 Å². The molecule has 0 saturated heterocycles. The molecule has 0 amide bonds. The van der Waals surface area contributed by atoms with Gasteiger partial charge in [-0.15, -0.1) is 20.2 Å². The third-order valence-corrected chi connectivity index (χ3v) is 3.70. The predicted molar refractivity (Wildman–Crippen MR) is 52.1 cm³/mol. The van der Waals surface area contributed by atoms with Gasteiger partial charge in [-0.1, -0.05) is 0 Å². The van der Waals surface area contributed by atoms with Gasteiger partial charge in [0.2, 0.25) is 0 Å². The second-order valence-electron chi connectivity index (χ2n) is 2.46. The van der Waals surface area contributed by atoms with E-state index in [0.29, 0.717) is 10.8 Å². The summed E-state index contributed by atoms with van der Waals surface area (Å²) in [5.74, 6) is -0.340. The zero-order valence-corrected chi connectivity index (χ0v) is 9.60. The molecule has 0 aliphatic heterocycles. The van der Waals surface area contributed by atoms with Crippen LogP contribution >= 0.6 is 10.8 Å². The maximum Gasteiger partial charge on any atom is 0.294 e. The Kier molecular flexibility index (Phi) is 5.81. The molecule has 0 saturated carbocycles. The molecule has 1 atom stereocenters. The van der Waals surface area contributed by atoms with E-state index in [-0.39, 0.29) is 5.75 Å². The molecule has 0 radical (unpaired) electrons. The lowest BCUT2D eigenvalue weighted by molar-refractivity contribution is -0.788. The summed E-state index contributed by atoms with van der Waals surface area (Å²) in [7, 11) is -3.03. The first-order chi connectivity index (χ1) is 7.20. The topological polar surface area (TPSA) is 139 Å². The van der Waals surface area contributed by atoms with Crippen molar-refractivity contribution in [3.05, 3.63) is 20.2 Å². The van der Waals surface area contributed by atoms with Crippen molar-refractivity contribution in [1.82, 2.24) is 0 Å². The minimum Gasteiger partial charge on any atom is -0.312 e. The third-order valence-electron chi connectivity index (χ3n) is 1.07. The van der Waals surface area contributed by atoms with E-state index in [2.05, 4.69) is 9.68 Å². The van der Waals surface area contributed by atoms with Gasteiger partial charge in [-0.2, -0.15) is 0 Å². The Hall–Kier alpha value is -1.30. The van der Waals surface area contributed by atoms with Gasteiger partial charge < -0.3 is 9.68 Å². The summed E-state index contributed by atoms with van der Waals surface area (Å²) in [4.78, 5) is 27.7. The summed E-state index contributed by atoms with van der Waals surface area (Å²) in [5, 5.41) is 17.5. The zero-order valence-electron chi connectivity index (χ0n) is 7.97. The van der Waals surface area contributed by atoms with E-state index in [0.717, 1.165) is 6.26 Å². The summed E-state index contributed by atoms with van der Waals surface area (Å²) in [5.41, 5.74) is 0. The Balaban J connectivity index is 4.20. The van der Waals surface area contributed by atoms with Gasteiger partial charge in [0.05, 0.1) is 0 Å². The molecule has 0 heterocycles. The summed E-state index contributed by atoms with van der Waals surface area (Å²) in [6, 6.07) is 0. The molecular formula is C4H8N2O8S2. The van der Waals surface area contributed by atoms with Gasteiger partial charge in [-0.3, -0.25) is 0 Å². The van der Waals surface area contributed by atoms with E-state index in [4.69, 9.17) is 0 Å². The molecule has 0 N–H and O–H groups in total. The van der Waals surface area contributed by atoms with Crippen LogP contribution in [0.15, 0.2) is 0 Å². The van der Waals surface area contributed by atoms with Crippen molar-refractivity contribution < 1.29 is 28.3 Å². The van der Waals surface area contributed by atoms with E-state index in [9.17, 15) is 28.6 Å². The minimum absolute atomic E-state index is 0.340. The van der Waals surface area contributed by atoms with Crippen molar-refractivity contribution in [2.45, 2.75) is 6.10 Å². The molecule has 0 aliphatic rings. The summed E-state index contributed by atoms with van der Waals surface area (Å²) < 4.78 is 21.4. The van der Waals surface area contributed by atoms with E-state index in [1.807, 2.05) is 0 Å². The SMILES string of the molecule is CS(=O)(=O)SCC(CO[N+](=O)[O-])O[N+](=O)[O-]. The number of rotatable bonds is 8. The van der Waals surface area contributed by atoms with Crippen LogP contribution in [-0.2, 0) is 18.5 Å². The van der Waals surface area contributed by atoms with Crippen molar-refractivity contribution in [3.63, 3.8) is 0 Å². The maximum atomic E-state index is 10.7. The summed E-state index contributed by atoms with van der Waals surface area (Å²) >= 11 is 0. The average molecular weight is 276 g/mol. The van der Waals surface area contributed by atoms with Gasteiger partial charge in [0.25, 0.3) is 10.2 Å². The fourth-order valence-electron chi connectivity index (χ4n) is 0.574. The number of nitrogens with zero attached hydrogens (tertiary/aromatic N) is 2.